The molecule has 0 saturated carbocycles. The highest BCUT2D eigenvalue weighted by Gasteiger charge is 2.30. The number of carboxylic acid groups (broad SMARTS) is 1. The lowest BCUT2D eigenvalue weighted by molar-refractivity contribution is -0.139. The SMILES string of the molecule is O=C(O)CC(NC(=O)OCC1c2ccccc2-c2ccccc21)C(=O)Nc1ccc(Cl)nn1. The number of anilines is 1. The number of carbonyl (C=O) groups excluding carboxylic acids is 2. The Morgan fingerprint density at radius 2 is 1.61 bits per heavy atom. The maximum absolute atomic E-state index is 12.5. The average Bonchev–Trinajstić information content (AvgIpc) is 3.12. The zero-order valence-corrected chi connectivity index (χ0v) is 18.0. The molecular weight excluding hydrogens is 448 g/mol. The van der Waals surface area contributed by atoms with Crippen molar-refractivity contribution in [3.63, 3.8) is 0 Å². The predicted molar refractivity (Wildman–Crippen MR) is 120 cm³/mol. The Labute approximate surface area is 193 Å². The summed E-state index contributed by atoms with van der Waals surface area (Å²) in [5, 5.41) is 21.3. The summed E-state index contributed by atoms with van der Waals surface area (Å²) in [5.74, 6) is -2.15. The Morgan fingerprint density at radius 3 is 2.18 bits per heavy atom. The number of amides is 2. The molecular formula is C23H19ClN4O5. The first kappa shape index (κ1) is 22.2. The van der Waals surface area contributed by atoms with Gasteiger partial charge in [0.25, 0.3) is 0 Å². The second-order valence-electron chi connectivity index (χ2n) is 7.35. The lowest BCUT2D eigenvalue weighted by Gasteiger charge is -2.18. The van der Waals surface area contributed by atoms with Crippen LogP contribution in [0.15, 0.2) is 60.7 Å². The molecule has 2 aromatic carbocycles. The van der Waals surface area contributed by atoms with Gasteiger partial charge in [0, 0.05) is 5.92 Å². The molecule has 0 spiro atoms. The smallest absolute Gasteiger partial charge is 0.407 e. The zero-order valence-electron chi connectivity index (χ0n) is 17.2. The van der Waals surface area contributed by atoms with Crippen LogP contribution in [0.4, 0.5) is 10.6 Å². The van der Waals surface area contributed by atoms with Crippen LogP contribution < -0.4 is 10.6 Å². The molecule has 0 saturated heterocycles. The molecule has 0 fully saturated rings. The van der Waals surface area contributed by atoms with Gasteiger partial charge in [-0.25, -0.2) is 4.79 Å². The number of carboxylic acids is 1. The lowest BCUT2D eigenvalue weighted by Crippen LogP contribution is -2.45. The van der Waals surface area contributed by atoms with Gasteiger partial charge in [-0.05, 0) is 34.4 Å². The standard InChI is InChI=1S/C23H19ClN4O5/c24-19-9-10-20(28-27-19)26-22(31)18(11-21(29)30)25-23(32)33-12-17-15-7-3-1-5-13(15)14-6-2-4-8-16(14)17/h1-10,17-18H,11-12H2,(H,25,32)(H,29,30)(H,26,28,31). The predicted octanol–water partition coefficient (Wildman–Crippen LogP) is 3.45. The van der Waals surface area contributed by atoms with Crippen LogP contribution in [0.5, 0.6) is 0 Å². The molecule has 0 aliphatic heterocycles. The van der Waals surface area contributed by atoms with Crippen molar-refractivity contribution in [1.29, 1.82) is 0 Å². The molecule has 1 aromatic heterocycles. The molecule has 3 N–H and O–H groups in total. The fraction of sp³-hybridized carbons (Fsp3) is 0.174. The molecule has 9 nitrogen and oxygen atoms in total. The van der Waals surface area contributed by atoms with Crippen LogP contribution in [0.2, 0.25) is 5.15 Å². The monoisotopic (exact) mass is 466 g/mol. The molecule has 3 aromatic rings. The first-order valence-electron chi connectivity index (χ1n) is 10.1. The number of hydrogen-bond acceptors (Lipinski definition) is 6. The van der Waals surface area contributed by atoms with Gasteiger partial charge in [0.1, 0.15) is 12.6 Å². The zero-order chi connectivity index (χ0) is 23.4. The van der Waals surface area contributed by atoms with E-state index in [1.807, 2.05) is 48.5 Å². The molecule has 0 radical (unpaired) electrons. The van der Waals surface area contributed by atoms with E-state index < -0.39 is 30.4 Å². The van der Waals surface area contributed by atoms with Gasteiger partial charge in [-0.15, -0.1) is 10.2 Å². The third-order valence-electron chi connectivity index (χ3n) is 5.21. The van der Waals surface area contributed by atoms with E-state index in [4.69, 9.17) is 21.4 Å². The van der Waals surface area contributed by atoms with Crippen LogP contribution >= 0.6 is 11.6 Å². The summed E-state index contributed by atoms with van der Waals surface area (Å²) >= 11 is 5.66. The van der Waals surface area contributed by atoms with Crippen molar-refractivity contribution in [2.45, 2.75) is 18.4 Å². The quantitative estimate of drug-likeness (QED) is 0.486. The molecule has 168 valence electrons. The number of rotatable bonds is 7. The third-order valence-corrected chi connectivity index (χ3v) is 5.42. The van der Waals surface area contributed by atoms with E-state index in [1.54, 1.807) is 0 Å². The first-order valence-corrected chi connectivity index (χ1v) is 10.4. The van der Waals surface area contributed by atoms with Gasteiger partial charge in [0.2, 0.25) is 5.91 Å². The van der Waals surface area contributed by atoms with Crippen LogP contribution in [-0.2, 0) is 14.3 Å². The largest absolute Gasteiger partial charge is 0.481 e. The Balaban J connectivity index is 1.42. The van der Waals surface area contributed by atoms with Crippen molar-refractivity contribution in [1.82, 2.24) is 15.5 Å². The first-order chi connectivity index (χ1) is 15.9. The fourth-order valence-corrected chi connectivity index (χ4v) is 3.86. The molecule has 33 heavy (non-hydrogen) atoms. The van der Waals surface area contributed by atoms with Crippen LogP contribution in [0, 0.1) is 0 Å². The minimum Gasteiger partial charge on any atom is -0.481 e. The van der Waals surface area contributed by atoms with Crippen LogP contribution in [-0.4, -0.2) is 45.9 Å². The van der Waals surface area contributed by atoms with E-state index >= 15 is 0 Å². The second kappa shape index (κ2) is 9.66. The molecule has 1 aliphatic rings. The van der Waals surface area contributed by atoms with E-state index in [0.29, 0.717) is 0 Å². The Morgan fingerprint density at radius 1 is 0.970 bits per heavy atom. The minimum absolute atomic E-state index is 0.0317. The average molecular weight is 467 g/mol. The summed E-state index contributed by atoms with van der Waals surface area (Å²) in [4.78, 5) is 36.2. The lowest BCUT2D eigenvalue weighted by atomic mass is 9.98. The summed E-state index contributed by atoms with van der Waals surface area (Å²) in [6.07, 6.45) is -1.54. The highest BCUT2D eigenvalue weighted by molar-refractivity contribution is 6.29. The molecule has 1 atom stereocenters. The topological polar surface area (TPSA) is 131 Å². The molecule has 10 heteroatoms. The number of alkyl carbamates (subject to hydrolysis) is 1. The number of nitrogens with zero attached hydrogens (tertiary/aromatic N) is 2. The van der Waals surface area contributed by atoms with Crippen molar-refractivity contribution >= 4 is 35.4 Å². The van der Waals surface area contributed by atoms with E-state index in [9.17, 15) is 14.4 Å². The number of hydrogen-bond donors (Lipinski definition) is 3. The molecule has 1 unspecified atom stereocenters. The Bertz CT molecular complexity index is 1160. The number of aliphatic carboxylic acids is 1. The second-order valence-corrected chi connectivity index (χ2v) is 7.74. The summed E-state index contributed by atoms with van der Waals surface area (Å²) in [6.45, 7) is 0.0317. The highest BCUT2D eigenvalue weighted by Crippen LogP contribution is 2.44. The van der Waals surface area contributed by atoms with Gasteiger partial charge < -0.3 is 20.5 Å². The van der Waals surface area contributed by atoms with Crippen LogP contribution in [0.1, 0.15) is 23.5 Å². The molecule has 1 heterocycles. The van der Waals surface area contributed by atoms with Crippen molar-refractivity contribution in [3.8, 4) is 11.1 Å². The van der Waals surface area contributed by atoms with Gasteiger partial charge in [0.15, 0.2) is 11.0 Å². The molecule has 2 amide bonds. The summed E-state index contributed by atoms with van der Waals surface area (Å²) in [6, 6.07) is 17.2. The van der Waals surface area contributed by atoms with E-state index in [2.05, 4.69) is 20.8 Å². The van der Waals surface area contributed by atoms with Gasteiger partial charge in [0.05, 0.1) is 6.42 Å². The molecule has 1 aliphatic carbocycles. The number of nitrogens with one attached hydrogen (secondary N) is 2. The number of carbonyl (C=O) groups is 3. The van der Waals surface area contributed by atoms with Crippen LogP contribution in [0.25, 0.3) is 11.1 Å². The molecule has 4 rings (SSSR count). The van der Waals surface area contributed by atoms with Gasteiger partial charge in [-0.2, -0.15) is 0 Å². The van der Waals surface area contributed by atoms with E-state index in [-0.39, 0.29) is 23.5 Å². The van der Waals surface area contributed by atoms with Gasteiger partial charge >= 0.3 is 12.1 Å². The van der Waals surface area contributed by atoms with Crippen LogP contribution in [0.3, 0.4) is 0 Å². The van der Waals surface area contributed by atoms with E-state index in [1.165, 1.54) is 12.1 Å². The van der Waals surface area contributed by atoms with E-state index in [0.717, 1.165) is 22.3 Å². The van der Waals surface area contributed by atoms with Crippen molar-refractivity contribution < 1.29 is 24.2 Å². The number of aromatic nitrogens is 2. The van der Waals surface area contributed by atoms with Crippen molar-refractivity contribution in [2.24, 2.45) is 0 Å². The van der Waals surface area contributed by atoms with Gasteiger partial charge in [-0.1, -0.05) is 60.1 Å². The molecule has 0 bridgehead atoms. The highest BCUT2D eigenvalue weighted by atomic mass is 35.5. The summed E-state index contributed by atoms with van der Waals surface area (Å²) < 4.78 is 5.40. The number of ether oxygens (including phenoxy) is 1. The van der Waals surface area contributed by atoms with Crippen molar-refractivity contribution in [3.05, 3.63) is 76.9 Å². The fourth-order valence-electron chi connectivity index (χ4n) is 3.76. The number of halogens is 1. The van der Waals surface area contributed by atoms with Crippen molar-refractivity contribution in [2.75, 3.05) is 11.9 Å². The summed E-state index contributed by atoms with van der Waals surface area (Å²) in [5.41, 5.74) is 4.23. The third kappa shape index (κ3) is 5.09. The minimum atomic E-state index is -1.38. The van der Waals surface area contributed by atoms with Gasteiger partial charge in [-0.3, -0.25) is 9.59 Å². The number of benzene rings is 2. The maximum atomic E-state index is 12.5. The Kier molecular flexibility index (Phi) is 6.50. The summed E-state index contributed by atoms with van der Waals surface area (Å²) in [7, 11) is 0. The normalized spacial score (nSPS) is 12.9. The Hall–Kier alpha value is -3.98. The maximum Gasteiger partial charge on any atom is 0.407 e. The number of fused-ring (bicyclic) bond motifs is 3.